The number of carbonyl (C=O) groups excluding carboxylic acids is 1. The van der Waals surface area contributed by atoms with Crippen molar-refractivity contribution in [3.63, 3.8) is 0 Å². The molecule has 0 aliphatic rings. The van der Waals surface area contributed by atoms with Gasteiger partial charge in [-0.2, -0.15) is 0 Å². The number of Topliss-reactive ketones (excluding diaryl/α,β-unsaturated/α-hetero) is 1. The molecule has 4 heteroatoms. The van der Waals surface area contributed by atoms with Gasteiger partial charge in [0.05, 0.1) is 23.4 Å². The van der Waals surface area contributed by atoms with Crippen LogP contribution in [0.4, 0.5) is 0 Å². The first-order valence-electron chi connectivity index (χ1n) is 5.39. The minimum atomic E-state index is -0.0577. The van der Waals surface area contributed by atoms with Crippen LogP contribution in [0.3, 0.4) is 0 Å². The summed E-state index contributed by atoms with van der Waals surface area (Å²) in [6.45, 7) is 4.00. The summed E-state index contributed by atoms with van der Waals surface area (Å²) in [5.41, 5.74) is 7.96. The first-order valence-corrected chi connectivity index (χ1v) is 5.39. The number of carbonyl (C=O) groups is 1. The largest absolute Gasteiger partial charge is 0.324 e. The first kappa shape index (κ1) is 10.8. The maximum Gasteiger partial charge on any atom is 0.193 e. The molecule has 0 spiro atoms. The van der Waals surface area contributed by atoms with Crippen LogP contribution in [-0.2, 0) is 6.42 Å². The number of hydrogen-bond donors (Lipinski definition) is 1. The highest BCUT2D eigenvalue weighted by Gasteiger charge is 2.13. The third-order valence-electron chi connectivity index (χ3n) is 2.70. The summed E-state index contributed by atoms with van der Waals surface area (Å²) >= 11 is 0. The van der Waals surface area contributed by atoms with Gasteiger partial charge in [-0.05, 0) is 19.1 Å². The van der Waals surface area contributed by atoms with E-state index < -0.39 is 0 Å². The Kier molecular flexibility index (Phi) is 2.75. The molecule has 4 nitrogen and oxygen atoms in total. The van der Waals surface area contributed by atoms with Gasteiger partial charge in [-0.1, -0.05) is 13.0 Å². The number of nitrogens with two attached hydrogens (primary N) is 1. The zero-order valence-electron chi connectivity index (χ0n) is 9.53. The number of aromatic nitrogens is 2. The first-order chi connectivity index (χ1) is 7.69. The Morgan fingerprint density at radius 3 is 2.88 bits per heavy atom. The van der Waals surface area contributed by atoms with Gasteiger partial charge in [0, 0.05) is 6.42 Å². The summed E-state index contributed by atoms with van der Waals surface area (Å²) in [6, 6.07) is 5.63. The molecule has 2 heterocycles. The number of nitrogens with zero attached hydrogens (tertiary/aromatic N) is 2. The fourth-order valence-electron chi connectivity index (χ4n) is 1.93. The van der Waals surface area contributed by atoms with E-state index in [2.05, 4.69) is 4.98 Å². The van der Waals surface area contributed by atoms with Crippen molar-refractivity contribution in [2.24, 2.45) is 5.73 Å². The summed E-state index contributed by atoms with van der Waals surface area (Å²) in [7, 11) is 0. The number of fused-ring (bicyclic) bond motifs is 1. The number of ketones is 1. The van der Waals surface area contributed by atoms with E-state index in [1.165, 1.54) is 0 Å². The fourth-order valence-corrected chi connectivity index (χ4v) is 1.93. The molecule has 0 atom stereocenters. The van der Waals surface area contributed by atoms with E-state index in [1.54, 1.807) is 6.07 Å². The maximum atomic E-state index is 11.7. The highest BCUT2D eigenvalue weighted by atomic mass is 16.1. The van der Waals surface area contributed by atoms with Crippen LogP contribution in [0.25, 0.3) is 5.52 Å². The molecule has 2 aromatic heterocycles. The zero-order valence-corrected chi connectivity index (χ0v) is 9.53. The second-order valence-electron chi connectivity index (χ2n) is 3.73. The quantitative estimate of drug-likeness (QED) is 0.789. The van der Waals surface area contributed by atoms with Crippen LogP contribution in [0.1, 0.15) is 28.9 Å². The van der Waals surface area contributed by atoms with Gasteiger partial charge < -0.3 is 5.73 Å². The molecule has 0 bridgehead atoms. The van der Waals surface area contributed by atoms with E-state index in [9.17, 15) is 4.79 Å². The highest BCUT2D eigenvalue weighted by Crippen LogP contribution is 2.16. The van der Waals surface area contributed by atoms with Gasteiger partial charge in [-0.15, -0.1) is 0 Å². The molecule has 0 aromatic carbocycles. The molecular formula is C12H15N3O. The molecule has 0 unspecified atom stereocenters. The van der Waals surface area contributed by atoms with Crippen LogP contribution in [0.15, 0.2) is 18.2 Å². The van der Waals surface area contributed by atoms with E-state index >= 15 is 0 Å². The Labute approximate surface area is 94.1 Å². The van der Waals surface area contributed by atoms with Crippen molar-refractivity contribution in [2.75, 3.05) is 6.54 Å². The minimum Gasteiger partial charge on any atom is -0.324 e. The number of imidazole rings is 1. The van der Waals surface area contributed by atoms with E-state index in [0.717, 1.165) is 23.5 Å². The molecule has 84 valence electrons. The highest BCUT2D eigenvalue weighted by molar-refractivity contribution is 5.96. The molecule has 0 aliphatic carbocycles. The van der Waals surface area contributed by atoms with Gasteiger partial charge in [-0.3, -0.25) is 9.20 Å². The fraction of sp³-hybridized carbons (Fsp3) is 0.333. The molecule has 0 fully saturated rings. The van der Waals surface area contributed by atoms with E-state index in [-0.39, 0.29) is 12.3 Å². The summed E-state index contributed by atoms with van der Waals surface area (Å²) in [6.07, 6.45) is 0.796. The van der Waals surface area contributed by atoms with Crippen molar-refractivity contribution in [3.05, 3.63) is 35.4 Å². The zero-order chi connectivity index (χ0) is 11.7. The molecule has 2 aromatic rings. The smallest absolute Gasteiger partial charge is 0.193 e. The Hall–Kier alpha value is -1.68. The van der Waals surface area contributed by atoms with Crippen molar-refractivity contribution < 1.29 is 4.79 Å². The van der Waals surface area contributed by atoms with Crippen LogP contribution in [0.5, 0.6) is 0 Å². The molecule has 2 N–H and O–H groups in total. The van der Waals surface area contributed by atoms with Gasteiger partial charge in [0.2, 0.25) is 0 Å². The molecular weight excluding hydrogens is 202 g/mol. The van der Waals surface area contributed by atoms with Crippen molar-refractivity contribution in [1.29, 1.82) is 0 Å². The van der Waals surface area contributed by atoms with Crippen molar-refractivity contribution in [2.45, 2.75) is 20.3 Å². The van der Waals surface area contributed by atoms with Crippen molar-refractivity contribution in [3.8, 4) is 0 Å². The Morgan fingerprint density at radius 2 is 2.25 bits per heavy atom. The monoisotopic (exact) mass is 217 g/mol. The third-order valence-corrected chi connectivity index (χ3v) is 2.70. The lowest BCUT2D eigenvalue weighted by molar-refractivity contribution is 0.0995. The van der Waals surface area contributed by atoms with Gasteiger partial charge in [0.1, 0.15) is 5.82 Å². The maximum absolute atomic E-state index is 11.7. The molecule has 16 heavy (non-hydrogen) atoms. The normalized spacial score (nSPS) is 10.9. The summed E-state index contributed by atoms with van der Waals surface area (Å²) < 4.78 is 1.91. The lowest BCUT2D eigenvalue weighted by Crippen LogP contribution is -2.17. The number of pyridine rings is 1. The molecule has 0 amide bonds. The standard InChI is InChI=1S/C12H15N3O/c1-3-12-14-8(2)9-5-4-6-10(15(9)12)11(16)7-13/h4-6H,3,7,13H2,1-2H3. The predicted molar refractivity (Wildman–Crippen MR) is 62.7 cm³/mol. The van der Waals surface area contributed by atoms with Gasteiger partial charge >= 0.3 is 0 Å². The predicted octanol–water partition coefficient (Wildman–Crippen LogP) is 1.35. The second kappa shape index (κ2) is 4.06. The van der Waals surface area contributed by atoms with Crippen LogP contribution in [-0.4, -0.2) is 21.7 Å². The second-order valence-corrected chi connectivity index (χ2v) is 3.73. The van der Waals surface area contributed by atoms with Crippen LogP contribution in [0, 0.1) is 6.92 Å². The SMILES string of the molecule is CCc1nc(C)c2cccc(C(=O)CN)n12. The Bertz CT molecular complexity index is 542. The molecule has 2 rings (SSSR count). The number of hydrogen-bond acceptors (Lipinski definition) is 3. The van der Waals surface area contributed by atoms with Gasteiger partial charge in [0.25, 0.3) is 0 Å². The summed E-state index contributed by atoms with van der Waals surface area (Å²) in [5, 5.41) is 0. The van der Waals surface area contributed by atoms with E-state index in [4.69, 9.17) is 5.73 Å². The van der Waals surface area contributed by atoms with Gasteiger partial charge in [0.15, 0.2) is 5.78 Å². The Morgan fingerprint density at radius 1 is 1.50 bits per heavy atom. The molecule has 0 saturated carbocycles. The summed E-state index contributed by atoms with van der Waals surface area (Å²) in [5.74, 6) is 0.850. The van der Waals surface area contributed by atoms with Crippen LogP contribution in [0.2, 0.25) is 0 Å². The van der Waals surface area contributed by atoms with Crippen molar-refractivity contribution in [1.82, 2.24) is 9.38 Å². The lowest BCUT2D eigenvalue weighted by atomic mass is 10.2. The minimum absolute atomic E-state index is 0.0273. The van der Waals surface area contributed by atoms with Gasteiger partial charge in [-0.25, -0.2) is 4.98 Å². The van der Waals surface area contributed by atoms with Crippen molar-refractivity contribution >= 4 is 11.3 Å². The van der Waals surface area contributed by atoms with Crippen LogP contribution < -0.4 is 5.73 Å². The number of aryl methyl sites for hydroxylation is 2. The van der Waals surface area contributed by atoms with Crippen LogP contribution >= 0.6 is 0 Å². The van der Waals surface area contributed by atoms with E-state index in [0.29, 0.717) is 5.69 Å². The molecule has 0 aliphatic heterocycles. The summed E-state index contributed by atoms with van der Waals surface area (Å²) in [4.78, 5) is 16.2. The molecule has 0 saturated heterocycles. The molecule has 0 radical (unpaired) electrons. The average molecular weight is 217 g/mol. The Balaban J connectivity index is 2.79. The average Bonchev–Trinajstić information content (AvgIpc) is 2.65. The van der Waals surface area contributed by atoms with E-state index in [1.807, 2.05) is 30.4 Å². The topological polar surface area (TPSA) is 60.4 Å². The lowest BCUT2D eigenvalue weighted by Gasteiger charge is -2.05. The third kappa shape index (κ3) is 1.51. The number of rotatable bonds is 3.